The molecular formula is C30H32O5S. The molecule has 0 amide bonds. The van der Waals surface area contributed by atoms with E-state index in [4.69, 9.17) is 18.9 Å². The van der Waals surface area contributed by atoms with Crippen molar-refractivity contribution in [2.75, 3.05) is 14.2 Å². The Bertz CT molecular complexity index is 1260. The minimum absolute atomic E-state index is 0.0313. The maximum absolute atomic E-state index is 12.0. The Morgan fingerprint density at radius 1 is 0.972 bits per heavy atom. The first-order valence-corrected chi connectivity index (χ1v) is 12.7. The van der Waals surface area contributed by atoms with E-state index in [9.17, 15) is 4.79 Å². The largest absolute Gasteiger partial charge is 0.497 e. The summed E-state index contributed by atoms with van der Waals surface area (Å²) in [5.41, 5.74) is 2.51. The minimum atomic E-state index is -0.518. The molecule has 6 heteroatoms. The molecule has 1 aromatic heterocycles. The minimum Gasteiger partial charge on any atom is -0.497 e. The molecule has 0 fully saturated rings. The smallest absolute Gasteiger partial charge is 0.331 e. The van der Waals surface area contributed by atoms with Crippen LogP contribution in [0.3, 0.4) is 0 Å². The number of rotatable bonds is 7. The first-order chi connectivity index (χ1) is 17.2. The van der Waals surface area contributed by atoms with Crippen LogP contribution in [0.2, 0.25) is 0 Å². The summed E-state index contributed by atoms with van der Waals surface area (Å²) in [5.74, 6) is 2.21. The average molecular weight is 505 g/mol. The summed E-state index contributed by atoms with van der Waals surface area (Å²) >= 11 is 1.73. The third kappa shape index (κ3) is 5.89. The number of ether oxygens (including phenoxy) is 4. The van der Waals surface area contributed by atoms with E-state index in [0.717, 1.165) is 38.8 Å². The van der Waals surface area contributed by atoms with E-state index >= 15 is 0 Å². The van der Waals surface area contributed by atoms with Crippen molar-refractivity contribution in [2.45, 2.75) is 45.3 Å². The molecule has 0 bridgehead atoms. The highest BCUT2D eigenvalue weighted by molar-refractivity contribution is 7.16. The van der Waals surface area contributed by atoms with Crippen molar-refractivity contribution in [3.05, 3.63) is 76.7 Å². The van der Waals surface area contributed by atoms with Gasteiger partial charge in [0.15, 0.2) is 5.75 Å². The molecule has 0 saturated heterocycles. The summed E-state index contributed by atoms with van der Waals surface area (Å²) in [5, 5.41) is 0. The second kappa shape index (κ2) is 10.7. The van der Waals surface area contributed by atoms with Crippen LogP contribution >= 0.6 is 11.3 Å². The Morgan fingerprint density at radius 2 is 1.64 bits per heavy atom. The van der Waals surface area contributed by atoms with E-state index in [2.05, 4.69) is 31.2 Å². The molecule has 188 valence electrons. The highest BCUT2D eigenvalue weighted by Crippen LogP contribution is 2.50. The molecule has 2 aromatic carbocycles. The van der Waals surface area contributed by atoms with Gasteiger partial charge in [0, 0.05) is 29.5 Å². The van der Waals surface area contributed by atoms with Crippen LogP contribution in [0.25, 0.3) is 22.6 Å². The summed E-state index contributed by atoms with van der Waals surface area (Å²) in [6, 6.07) is 15.7. The third-order valence-corrected chi connectivity index (χ3v) is 7.27. The van der Waals surface area contributed by atoms with Gasteiger partial charge in [0.05, 0.1) is 18.1 Å². The summed E-state index contributed by atoms with van der Waals surface area (Å²) in [6.07, 6.45) is 7.40. The van der Waals surface area contributed by atoms with E-state index < -0.39 is 5.60 Å². The number of fused-ring (bicyclic) bond motifs is 1. The number of thiophene rings is 1. The SMILES string of the molecule is COc1ccc(-c2sc3c(c2Oc2ccc(/C=C/C(=O)OC(C)(C)C)cc2)C=CC(OC)C3C)cc1. The van der Waals surface area contributed by atoms with Gasteiger partial charge >= 0.3 is 5.97 Å². The zero-order chi connectivity index (χ0) is 25.9. The third-order valence-electron chi connectivity index (χ3n) is 5.83. The van der Waals surface area contributed by atoms with Gasteiger partial charge in [0.2, 0.25) is 0 Å². The molecule has 0 radical (unpaired) electrons. The molecule has 3 aromatic rings. The van der Waals surface area contributed by atoms with Gasteiger partial charge in [-0.25, -0.2) is 4.79 Å². The van der Waals surface area contributed by atoms with Gasteiger partial charge in [-0.3, -0.25) is 0 Å². The lowest BCUT2D eigenvalue weighted by Crippen LogP contribution is -2.22. The molecule has 0 saturated carbocycles. The molecule has 5 nitrogen and oxygen atoms in total. The van der Waals surface area contributed by atoms with Crippen LogP contribution < -0.4 is 9.47 Å². The van der Waals surface area contributed by atoms with Crippen molar-refractivity contribution in [2.24, 2.45) is 0 Å². The van der Waals surface area contributed by atoms with E-state index in [1.807, 2.05) is 57.2 Å². The summed E-state index contributed by atoms with van der Waals surface area (Å²) < 4.78 is 22.8. The van der Waals surface area contributed by atoms with Gasteiger partial charge in [0.25, 0.3) is 0 Å². The quantitative estimate of drug-likeness (QED) is 0.244. The van der Waals surface area contributed by atoms with Crippen molar-refractivity contribution in [3.63, 3.8) is 0 Å². The van der Waals surface area contributed by atoms with Crippen LogP contribution in [-0.2, 0) is 14.3 Å². The average Bonchev–Trinajstić information content (AvgIpc) is 3.22. The Kier molecular flexibility index (Phi) is 7.67. The van der Waals surface area contributed by atoms with Crippen molar-refractivity contribution in [3.8, 4) is 27.7 Å². The van der Waals surface area contributed by atoms with E-state index in [0.29, 0.717) is 0 Å². The maximum atomic E-state index is 12.0. The van der Waals surface area contributed by atoms with Crippen LogP contribution in [0.4, 0.5) is 0 Å². The Balaban J connectivity index is 1.63. The molecule has 1 aliphatic carbocycles. The van der Waals surface area contributed by atoms with Crippen LogP contribution in [-0.4, -0.2) is 31.9 Å². The van der Waals surface area contributed by atoms with Gasteiger partial charge in [-0.15, -0.1) is 11.3 Å². The first kappa shape index (κ1) is 25.7. The lowest BCUT2D eigenvalue weighted by Gasteiger charge is -2.23. The molecule has 2 unspecified atom stereocenters. The molecule has 0 N–H and O–H groups in total. The fourth-order valence-electron chi connectivity index (χ4n) is 4.03. The Labute approximate surface area is 217 Å². The number of methoxy groups -OCH3 is 2. The number of hydrogen-bond donors (Lipinski definition) is 0. The lowest BCUT2D eigenvalue weighted by atomic mass is 9.93. The van der Waals surface area contributed by atoms with Gasteiger partial charge in [-0.1, -0.05) is 31.2 Å². The molecule has 1 heterocycles. The second-order valence-corrected chi connectivity index (χ2v) is 10.7. The summed E-state index contributed by atoms with van der Waals surface area (Å²) in [4.78, 5) is 14.3. The predicted molar refractivity (Wildman–Crippen MR) is 146 cm³/mol. The molecule has 1 aliphatic rings. The van der Waals surface area contributed by atoms with Crippen molar-refractivity contribution in [1.29, 1.82) is 0 Å². The van der Waals surface area contributed by atoms with Crippen LogP contribution in [0.5, 0.6) is 17.2 Å². The van der Waals surface area contributed by atoms with Gasteiger partial charge in [-0.2, -0.15) is 0 Å². The second-order valence-electron chi connectivity index (χ2n) is 9.65. The molecule has 0 aliphatic heterocycles. The summed E-state index contributed by atoms with van der Waals surface area (Å²) in [7, 11) is 3.40. The first-order valence-electron chi connectivity index (χ1n) is 11.9. The van der Waals surface area contributed by atoms with Crippen molar-refractivity contribution >= 4 is 29.5 Å². The van der Waals surface area contributed by atoms with Crippen molar-refractivity contribution < 1.29 is 23.7 Å². The van der Waals surface area contributed by atoms with Gasteiger partial charge < -0.3 is 18.9 Å². The number of carbonyl (C=O) groups is 1. The highest BCUT2D eigenvalue weighted by atomic mass is 32.1. The molecular weight excluding hydrogens is 472 g/mol. The molecule has 4 rings (SSSR count). The molecule has 2 atom stereocenters. The fourth-order valence-corrected chi connectivity index (χ4v) is 5.34. The van der Waals surface area contributed by atoms with Gasteiger partial charge in [-0.05, 0) is 74.4 Å². The maximum Gasteiger partial charge on any atom is 0.331 e. The Morgan fingerprint density at radius 3 is 2.25 bits per heavy atom. The standard InChI is InChI=1S/C30H32O5S/c1-19-25(33-6)17-16-24-27(29(36-28(19)24)21-10-14-22(32-5)15-11-21)34-23-12-7-20(8-13-23)9-18-26(31)35-30(2,3)4/h7-19,25H,1-6H3/b18-9+. The molecule has 36 heavy (non-hydrogen) atoms. The van der Waals surface area contributed by atoms with E-state index in [-0.39, 0.29) is 18.0 Å². The fraction of sp³-hybridized carbons (Fsp3) is 0.300. The molecule has 0 spiro atoms. The topological polar surface area (TPSA) is 54.0 Å². The highest BCUT2D eigenvalue weighted by Gasteiger charge is 2.30. The van der Waals surface area contributed by atoms with E-state index in [1.54, 1.807) is 31.6 Å². The van der Waals surface area contributed by atoms with Crippen LogP contribution in [0, 0.1) is 0 Å². The summed E-state index contributed by atoms with van der Waals surface area (Å²) in [6.45, 7) is 7.72. The lowest BCUT2D eigenvalue weighted by molar-refractivity contribution is -0.148. The zero-order valence-corrected chi connectivity index (χ0v) is 22.3. The number of esters is 1. The predicted octanol–water partition coefficient (Wildman–Crippen LogP) is 7.72. The van der Waals surface area contributed by atoms with Crippen LogP contribution in [0.15, 0.2) is 60.7 Å². The van der Waals surface area contributed by atoms with Gasteiger partial charge in [0.1, 0.15) is 17.1 Å². The van der Waals surface area contributed by atoms with E-state index in [1.165, 1.54) is 11.0 Å². The van der Waals surface area contributed by atoms with Crippen LogP contribution in [0.1, 0.15) is 49.6 Å². The zero-order valence-electron chi connectivity index (χ0n) is 21.5. The van der Waals surface area contributed by atoms with Crippen molar-refractivity contribution in [1.82, 2.24) is 0 Å². The number of hydrogen-bond acceptors (Lipinski definition) is 6. The number of carbonyl (C=O) groups excluding carboxylic acids is 1. The monoisotopic (exact) mass is 504 g/mol. The Hall–Kier alpha value is -3.35. The normalized spacial score (nSPS) is 17.2. The number of benzene rings is 2.